The Kier molecular flexibility index (Phi) is 5.51. The van der Waals surface area contributed by atoms with Crippen molar-refractivity contribution in [3.05, 3.63) is 29.3 Å². The molecule has 0 spiro atoms. The zero-order valence-corrected chi connectivity index (χ0v) is 16.3. The van der Waals surface area contributed by atoms with Gasteiger partial charge in [0.05, 0.1) is 6.54 Å². The standard InChI is InChI=1S/C20H30N4O2/c1-14-6-5-7-18(15(14)2)21-20(26)24-11-16-8-9-17(24)12-23(10-16)13-19(25)22(3)4/h5-7,16-17H,8-13H2,1-4H3,(H,21,26)/t16-,17+/m1/s1. The molecule has 3 amide bonds. The predicted octanol–water partition coefficient (Wildman–Crippen LogP) is 2.32. The molecule has 26 heavy (non-hydrogen) atoms. The number of fused-ring (bicyclic) bond motifs is 4. The Morgan fingerprint density at radius 2 is 1.92 bits per heavy atom. The van der Waals surface area contributed by atoms with Crippen LogP contribution < -0.4 is 5.32 Å². The lowest BCUT2D eigenvalue weighted by Gasteiger charge is -2.36. The first-order valence-electron chi connectivity index (χ1n) is 9.41. The van der Waals surface area contributed by atoms with Gasteiger partial charge in [-0.15, -0.1) is 0 Å². The van der Waals surface area contributed by atoms with Crippen LogP contribution in [-0.4, -0.2) is 73.0 Å². The van der Waals surface area contributed by atoms with Crippen molar-refractivity contribution in [2.45, 2.75) is 32.7 Å². The molecule has 6 heteroatoms. The average Bonchev–Trinajstić information content (AvgIpc) is 2.89. The van der Waals surface area contributed by atoms with Crippen molar-refractivity contribution >= 4 is 17.6 Å². The third-order valence-corrected chi connectivity index (χ3v) is 5.75. The summed E-state index contributed by atoms with van der Waals surface area (Å²) in [7, 11) is 3.58. The van der Waals surface area contributed by atoms with Crippen molar-refractivity contribution in [2.24, 2.45) is 5.92 Å². The van der Waals surface area contributed by atoms with Crippen LogP contribution in [0.5, 0.6) is 0 Å². The van der Waals surface area contributed by atoms with Crippen molar-refractivity contribution in [3.63, 3.8) is 0 Å². The number of likely N-dealkylation sites (N-methyl/N-ethyl adjacent to an activating group) is 1. The number of anilines is 1. The molecular formula is C20H30N4O2. The number of carbonyl (C=O) groups excluding carboxylic acids is 2. The fourth-order valence-electron chi connectivity index (χ4n) is 3.96. The predicted molar refractivity (Wildman–Crippen MR) is 103 cm³/mol. The van der Waals surface area contributed by atoms with Gasteiger partial charge in [-0.25, -0.2) is 4.79 Å². The number of nitrogens with one attached hydrogen (secondary N) is 1. The van der Waals surface area contributed by atoms with Crippen LogP contribution in [-0.2, 0) is 4.79 Å². The number of piperidine rings is 1. The molecule has 6 nitrogen and oxygen atoms in total. The summed E-state index contributed by atoms with van der Waals surface area (Å²) in [6.45, 7) is 6.97. The highest BCUT2D eigenvalue weighted by Crippen LogP contribution is 2.29. The van der Waals surface area contributed by atoms with E-state index in [0.717, 1.165) is 43.7 Å². The van der Waals surface area contributed by atoms with Crippen LogP contribution in [0, 0.1) is 19.8 Å². The second-order valence-corrected chi connectivity index (χ2v) is 7.91. The van der Waals surface area contributed by atoms with E-state index in [1.54, 1.807) is 19.0 Å². The molecule has 3 saturated heterocycles. The summed E-state index contributed by atoms with van der Waals surface area (Å²) in [6, 6.07) is 6.14. The minimum atomic E-state index is -0.0193. The highest BCUT2D eigenvalue weighted by molar-refractivity contribution is 5.90. The van der Waals surface area contributed by atoms with Gasteiger partial charge in [0, 0.05) is 45.5 Å². The van der Waals surface area contributed by atoms with Crippen LogP contribution >= 0.6 is 0 Å². The van der Waals surface area contributed by atoms with E-state index in [9.17, 15) is 9.59 Å². The molecule has 1 N–H and O–H groups in total. The molecule has 0 aliphatic carbocycles. The van der Waals surface area contributed by atoms with Crippen LogP contribution in [0.1, 0.15) is 24.0 Å². The number of rotatable bonds is 3. The minimum absolute atomic E-state index is 0.0193. The van der Waals surface area contributed by atoms with Gasteiger partial charge in [0.1, 0.15) is 0 Å². The number of urea groups is 1. The summed E-state index contributed by atoms with van der Waals surface area (Å²) < 4.78 is 0. The van der Waals surface area contributed by atoms with Crippen LogP contribution in [0.2, 0.25) is 0 Å². The monoisotopic (exact) mass is 358 g/mol. The second-order valence-electron chi connectivity index (χ2n) is 7.91. The Balaban J connectivity index is 1.69. The smallest absolute Gasteiger partial charge is 0.322 e. The number of aryl methyl sites for hydroxylation is 1. The number of amides is 3. The summed E-state index contributed by atoms with van der Waals surface area (Å²) in [5.74, 6) is 0.561. The van der Waals surface area contributed by atoms with E-state index in [1.165, 1.54) is 5.56 Å². The van der Waals surface area contributed by atoms with Gasteiger partial charge in [0.15, 0.2) is 0 Å². The fraction of sp³-hybridized carbons (Fsp3) is 0.600. The number of hydrogen-bond donors (Lipinski definition) is 1. The molecule has 0 saturated carbocycles. The lowest BCUT2D eigenvalue weighted by Crippen LogP contribution is -2.49. The Morgan fingerprint density at radius 3 is 2.65 bits per heavy atom. The molecule has 1 aromatic rings. The molecule has 2 atom stereocenters. The van der Waals surface area contributed by atoms with Gasteiger partial charge >= 0.3 is 6.03 Å². The van der Waals surface area contributed by atoms with E-state index in [-0.39, 0.29) is 18.0 Å². The summed E-state index contributed by atoms with van der Waals surface area (Å²) >= 11 is 0. The Morgan fingerprint density at radius 1 is 1.15 bits per heavy atom. The van der Waals surface area contributed by atoms with Crippen molar-refractivity contribution < 1.29 is 9.59 Å². The average molecular weight is 358 g/mol. The zero-order chi connectivity index (χ0) is 18.8. The fourth-order valence-corrected chi connectivity index (χ4v) is 3.96. The zero-order valence-electron chi connectivity index (χ0n) is 16.3. The highest BCUT2D eigenvalue weighted by Gasteiger charge is 2.37. The number of hydrogen-bond acceptors (Lipinski definition) is 3. The van der Waals surface area contributed by atoms with Crippen molar-refractivity contribution in [1.29, 1.82) is 0 Å². The van der Waals surface area contributed by atoms with Crippen LogP contribution in [0.15, 0.2) is 18.2 Å². The summed E-state index contributed by atoms with van der Waals surface area (Å²) in [4.78, 5) is 30.8. The van der Waals surface area contributed by atoms with E-state index in [0.29, 0.717) is 12.5 Å². The molecule has 3 aliphatic heterocycles. The molecular weight excluding hydrogens is 328 g/mol. The summed E-state index contributed by atoms with van der Waals surface area (Å²) in [6.07, 6.45) is 2.14. The maximum absolute atomic E-state index is 12.9. The molecule has 4 rings (SSSR count). The van der Waals surface area contributed by atoms with E-state index in [2.05, 4.69) is 23.2 Å². The normalized spacial score (nSPS) is 22.8. The first-order valence-corrected chi connectivity index (χ1v) is 9.41. The second kappa shape index (κ2) is 7.66. The van der Waals surface area contributed by atoms with E-state index < -0.39 is 0 Å². The molecule has 1 aromatic carbocycles. The van der Waals surface area contributed by atoms with Gasteiger partial charge in [0.25, 0.3) is 0 Å². The number of carbonyl (C=O) groups is 2. The quantitative estimate of drug-likeness (QED) is 0.902. The first kappa shape index (κ1) is 18.7. The Hall–Kier alpha value is -2.08. The van der Waals surface area contributed by atoms with Gasteiger partial charge in [-0.2, -0.15) is 0 Å². The maximum Gasteiger partial charge on any atom is 0.322 e. The molecule has 0 unspecified atom stereocenters. The minimum Gasteiger partial charge on any atom is -0.348 e. The third kappa shape index (κ3) is 4.01. The number of benzene rings is 1. The molecule has 3 heterocycles. The van der Waals surface area contributed by atoms with Crippen LogP contribution in [0.3, 0.4) is 0 Å². The van der Waals surface area contributed by atoms with Gasteiger partial charge < -0.3 is 15.1 Å². The summed E-state index contributed by atoms with van der Waals surface area (Å²) in [5.41, 5.74) is 3.17. The van der Waals surface area contributed by atoms with Crippen LogP contribution in [0.4, 0.5) is 10.5 Å². The van der Waals surface area contributed by atoms with Crippen molar-refractivity contribution in [1.82, 2.24) is 14.7 Å². The van der Waals surface area contributed by atoms with Crippen molar-refractivity contribution in [2.75, 3.05) is 45.6 Å². The molecule has 3 aliphatic rings. The van der Waals surface area contributed by atoms with Crippen molar-refractivity contribution in [3.8, 4) is 0 Å². The lowest BCUT2D eigenvalue weighted by atomic mass is 9.95. The Labute approximate surface area is 156 Å². The molecule has 2 bridgehead atoms. The summed E-state index contributed by atoms with van der Waals surface area (Å²) in [5, 5.41) is 3.10. The van der Waals surface area contributed by atoms with Gasteiger partial charge in [-0.1, -0.05) is 12.1 Å². The largest absolute Gasteiger partial charge is 0.348 e. The molecule has 0 radical (unpaired) electrons. The van der Waals surface area contributed by atoms with E-state index in [4.69, 9.17) is 0 Å². The third-order valence-electron chi connectivity index (χ3n) is 5.75. The molecule has 142 valence electrons. The highest BCUT2D eigenvalue weighted by atomic mass is 16.2. The topological polar surface area (TPSA) is 55.9 Å². The van der Waals surface area contributed by atoms with Gasteiger partial charge in [0.2, 0.25) is 5.91 Å². The van der Waals surface area contributed by atoms with E-state index >= 15 is 0 Å². The van der Waals surface area contributed by atoms with Crippen LogP contribution in [0.25, 0.3) is 0 Å². The maximum atomic E-state index is 12.9. The SMILES string of the molecule is Cc1cccc(NC(=O)N2C[C@@H]3CC[C@H]2CN(CC(=O)N(C)C)C3)c1C. The van der Waals surface area contributed by atoms with E-state index in [1.807, 2.05) is 24.0 Å². The lowest BCUT2D eigenvalue weighted by molar-refractivity contribution is -0.129. The first-order chi connectivity index (χ1) is 12.3. The number of nitrogens with zero attached hydrogens (tertiary/aromatic N) is 3. The Bertz CT molecular complexity index is 688. The van der Waals surface area contributed by atoms with Gasteiger partial charge in [-0.05, 0) is 49.8 Å². The molecule has 0 aromatic heterocycles. The van der Waals surface area contributed by atoms with Gasteiger partial charge in [-0.3, -0.25) is 9.69 Å². The molecule has 3 fully saturated rings.